The van der Waals surface area contributed by atoms with Crippen molar-refractivity contribution in [1.29, 1.82) is 0 Å². The van der Waals surface area contributed by atoms with Crippen molar-refractivity contribution in [3.63, 3.8) is 0 Å². The predicted octanol–water partition coefficient (Wildman–Crippen LogP) is 1.73. The maximum absolute atomic E-state index is 10.7. The number of anilines is 1. The van der Waals surface area contributed by atoms with E-state index < -0.39 is 12.0 Å². The van der Waals surface area contributed by atoms with Gasteiger partial charge >= 0.3 is 5.97 Å². The molecule has 0 radical (unpaired) electrons. The molecule has 0 bridgehead atoms. The van der Waals surface area contributed by atoms with Crippen LogP contribution in [0.3, 0.4) is 0 Å². The molecule has 1 heterocycles. The quantitative estimate of drug-likeness (QED) is 0.838. The Morgan fingerprint density at radius 1 is 1.35 bits per heavy atom. The lowest BCUT2D eigenvalue weighted by Crippen LogP contribution is -2.25. The van der Waals surface area contributed by atoms with Crippen molar-refractivity contribution in [3.05, 3.63) is 18.2 Å². The Balaban J connectivity index is 2.15. The van der Waals surface area contributed by atoms with E-state index in [9.17, 15) is 4.79 Å². The molecule has 92 valence electrons. The van der Waals surface area contributed by atoms with Crippen LogP contribution >= 0.6 is 0 Å². The third-order valence-corrected chi connectivity index (χ3v) is 2.50. The van der Waals surface area contributed by atoms with Gasteiger partial charge in [-0.15, -0.1) is 0 Å². The van der Waals surface area contributed by atoms with Gasteiger partial charge in [0.15, 0.2) is 11.5 Å². The summed E-state index contributed by atoms with van der Waals surface area (Å²) in [6.07, 6.45) is 0.850. The summed E-state index contributed by atoms with van der Waals surface area (Å²) in [7, 11) is 0. The molecule has 5 nitrogen and oxygen atoms in total. The maximum Gasteiger partial charge on any atom is 0.325 e. The first-order valence-corrected chi connectivity index (χ1v) is 5.56. The minimum atomic E-state index is -0.892. The van der Waals surface area contributed by atoms with Crippen LogP contribution in [0, 0.1) is 0 Å². The first kappa shape index (κ1) is 11.6. The Morgan fingerprint density at radius 2 is 2.06 bits per heavy atom. The fourth-order valence-electron chi connectivity index (χ4n) is 1.56. The Bertz CT molecular complexity index is 419. The first-order valence-electron chi connectivity index (χ1n) is 5.56. The number of aliphatic carboxylic acids is 1. The largest absolute Gasteiger partial charge is 0.490 e. The van der Waals surface area contributed by atoms with E-state index >= 15 is 0 Å². The van der Waals surface area contributed by atoms with E-state index in [2.05, 4.69) is 5.32 Å². The van der Waals surface area contributed by atoms with E-state index in [1.54, 1.807) is 25.1 Å². The summed E-state index contributed by atoms with van der Waals surface area (Å²) in [4.78, 5) is 10.7. The highest BCUT2D eigenvalue weighted by Gasteiger charge is 2.14. The van der Waals surface area contributed by atoms with Crippen LogP contribution in [-0.4, -0.2) is 30.3 Å². The predicted molar refractivity (Wildman–Crippen MR) is 62.8 cm³/mol. The van der Waals surface area contributed by atoms with Gasteiger partial charge in [-0.3, -0.25) is 4.79 Å². The zero-order valence-corrected chi connectivity index (χ0v) is 9.60. The molecule has 1 unspecified atom stereocenters. The molecule has 5 heteroatoms. The highest BCUT2D eigenvalue weighted by molar-refractivity contribution is 5.77. The molecule has 1 atom stereocenters. The summed E-state index contributed by atoms with van der Waals surface area (Å²) in [5.74, 6) is 0.471. The smallest absolute Gasteiger partial charge is 0.325 e. The molecule has 0 aromatic heterocycles. The molecule has 17 heavy (non-hydrogen) atoms. The molecule has 1 aromatic carbocycles. The number of hydrogen-bond acceptors (Lipinski definition) is 4. The fourth-order valence-corrected chi connectivity index (χ4v) is 1.56. The second kappa shape index (κ2) is 4.95. The van der Waals surface area contributed by atoms with Gasteiger partial charge in [-0.05, 0) is 19.1 Å². The molecule has 1 aliphatic rings. The van der Waals surface area contributed by atoms with Crippen LogP contribution in [0.15, 0.2) is 18.2 Å². The van der Waals surface area contributed by atoms with Crippen LogP contribution in [0.2, 0.25) is 0 Å². The lowest BCUT2D eigenvalue weighted by molar-refractivity contribution is -0.137. The second-order valence-electron chi connectivity index (χ2n) is 3.92. The molecule has 1 aromatic rings. The summed E-state index contributed by atoms with van der Waals surface area (Å²) < 4.78 is 11.0. The molecule has 1 aliphatic heterocycles. The SMILES string of the molecule is CC(Nc1ccc2c(c1)OCCCO2)C(=O)O. The number of nitrogens with one attached hydrogen (secondary N) is 1. The summed E-state index contributed by atoms with van der Waals surface area (Å²) in [6, 6.07) is 4.70. The van der Waals surface area contributed by atoms with E-state index in [-0.39, 0.29) is 0 Å². The summed E-state index contributed by atoms with van der Waals surface area (Å²) in [5, 5.41) is 11.7. The topological polar surface area (TPSA) is 67.8 Å². The average Bonchev–Trinajstić information content (AvgIpc) is 2.53. The van der Waals surface area contributed by atoms with Gasteiger partial charge < -0.3 is 19.9 Å². The molecular formula is C12H15NO4. The Hall–Kier alpha value is -1.91. The number of carbonyl (C=O) groups is 1. The van der Waals surface area contributed by atoms with Crippen molar-refractivity contribution in [2.24, 2.45) is 0 Å². The van der Waals surface area contributed by atoms with Crippen molar-refractivity contribution >= 4 is 11.7 Å². The van der Waals surface area contributed by atoms with E-state index in [4.69, 9.17) is 14.6 Å². The van der Waals surface area contributed by atoms with Gasteiger partial charge in [0.2, 0.25) is 0 Å². The van der Waals surface area contributed by atoms with E-state index in [0.29, 0.717) is 30.4 Å². The number of rotatable bonds is 3. The van der Waals surface area contributed by atoms with Crippen molar-refractivity contribution < 1.29 is 19.4 Å². The number of benzene rings is 1. The van der Waals surface area contributed by atoms with Gasteiger partial charge in [0.05, 0.1) is 13.2 Å². The molecule has 0 amide bonds. The van der Waals surface area contributed by atoms with Gasteiger partial charge in [0.25, 0.3) is 0 Å². The van der Waals surface area contributed by atoms with Crippen LogP contribution in [0.1, 0.15) is 13.3 Å². The monoisotopic (exact) mass is 237 g/mol. The lowest BCUT2D eigenvalue weighted by Gasteiger charge is -2.13. The van der Waals surface area contributed by atoms with Crippen LogP contribution < -0.4 is 14.8 Å². The minimum Gasteiger partial charge on any atom is -0.490 e. The molecule has 0 spiro atoms. The molecular weight excluding hydrogens is 222 g/mol. The normalized spacial score (nSPS) is 15.8. The summed E-state index contributed by atoms with van der Waals surface area (Å²) in [5.41, 5.74) is 0.712. The van der Waals surface area contributed by atoms with Crippen LogP contribution in [0.4, 0.5) is 5.69 Å². The number of hydrogen-bond donors (Lipinski definition) is 2. The number of ether oxygens (including phenoxy) is 2. The highest BCUT2D eigenvalue weighted by Crippen LogP contribution is 2.32. The van der Waals surface area contributed by atoms with Gasteiger partial charge in [0.1, 0.15) is 6.04 Å². The average molecular weight is 237 g/mol. The van der Waals surface area contributed by atoms with Gasteiger partial charge in [0, 0.05) is 18.2 Å². The summed E-state index contributed by atoms with van der Waals surface area (Å²) in [6.45, 7) is 2.85. The van der Waals surface area contributed by atoms with Gasteiger partial charge in [-0.1, -0.05) is 0 Å². The zero-order valence-electron chi connectivity index (χ0n) is 9.60. The third kappa shape index (κ3) is 2.81. The Kier molecular flexibility index (Phi) is 3.37. The van der Waals surface area contributed by atoms with Crippen LogP contribution in [0.25, 0.3) is 0 Å². The molecule has 0 aliphatic carbocycles. The third-order valence-electron chi connectivity index (χ3n) is 2.50. The van der Waals surface area contributed by atoms with Crippen LogP contribution in [0.5, 0.6) is 11.5 Å². The molecule has 2 rings (SSSR count). The van der Waals surface area contributed by atoms with Crippen molar-refractivity contribution in [2.45, 2.75) is 19.4 Å². The van der Waals surface area contributed by atoms with Crippen LogP contribution in [-0.2, 0) is 4.79 Å². The molecule has 0 saturated heterocycles. The van der Waals surface area contributed by atoms with Crippen molar-refractivity contribution in [3.8, 4) is 11.5 Å². The number of carboxylic acids is 1. The van der Waals surface area contributed by atoms with Gasteiger partial charge in [-0.25, -0.2) is 0 Å². The van der Waals surface area contributed by atoms with Gasteiger partial charge in [-0.2, -0.15) is 0 Å². The van der Waals surface area contributed by atoms with E-state index in [0.717, 1.165) is 6.42 Å². The summed E-state index contributed by atoms with van der Waals surface area (Å²) >= 11 is 0. The Morgan fingerprint density at radius 3 is 2.76 bits per heavy atom. The molecule has 2 N–H and O–H groups in total. The molecule has 0 saturated carbocycles. The molecule has 0 fully saturated rings. The van der Waals surface area contributed by atoms with Crippen molar-refractivity contribution in [1.82, 2.24) is 0 Å². The first-order chi connectivity index (χ1) is 8.16. The lowest BCUT2D eigenvalue weighted by atomic mass is 10.2. The Labute approximate surface area is 99.3 Å². The maximum atomic E-state index is 10.7. The number of fused-ring (bicyclic) bond motifs is 1. The number of carboxylic acid groups (broad SMARTS) is 1. The zero-order chi connectivity index (χ0) is 12.3. The highest BCUT2D eigenvalue weighted by atomic mass is 16.5. The minimum absolute atomic E-state index is 0.616. The second-order valence-corrected chi connectivity index (χ2v) is 3.92. The van der Waals surface area contributed by atoms with E-state index in [1.165, 1.54) is 0 Å². The standard InChI is InChI=1S/C12H15NO4/c1-8(12(14)15)13-9-3-4-10-11(7-9)17-6-2-5-16-10/h3-4,7-8,13H,2,5-6H2,1H3,(H,14,15). The van der Waals surface area contributed by atoms with Crippen molar-refractivity contribution in [2.75, 3.05) is 18.5 Å². The fraction of sp³-hybridized carbons (Fsp3) is 0.417. The van der Waals surface area contributed by atoms with E-state index in [1.807, 2.05) is 0 Å².